The van der Waals surface area contributed by atoms with Gasteiger partial charge in [-0.15, -0.1) is 0 Å². The smallest absolute Gasteiger partial charge is 0.224 e. The molecular formula is C12H10N6S. The third kappa shape index (κ3) is 2.36. The Morgan fingerprint density at radius 2 is 1.95 bits per heavy atom. The average molecular weight is 270 g/mol. The summed E-state index contributed by atoms with van der Waals surface area (Å²) in [5, 5.41) is 4.28. The molecule has 0 aliphatic heterocycles. The summed E-state index contributed by atoms with van der Waals surface area (Å²) >= 11 is 4.94. The molecule has 6 nitrogen and oxygen atoms in total. The lowest BCUT2D eigenvalue weighted by Crippen LogP contribution is -1.99. The lowest BCUT2D eigenvalue weighted by Gasteiger charge is -2.00. The number of nitrogens with two attached hydrogens (primary N) is 1. The quantitative estimate of drug-likeness (QED) is 0.695. The molecule has 0 aliphatic carbocycles. The van der Waals surface area contributed by atoms with Crippen molar-refractivity contribution in [1.29, 1.82) is 0 Å². The zero-order valence-electron chi connectivity index (χ0n) is 9.82. The van der Waals surface area contributed by atoms with E-state index in [1.54, 1.807) is 10.9 Å². The SMILES string of the molecule is Nc1nc(=S)nc(-c2cnn(-c3ccccc3)c2)[nH]1. The van der Waals surface area contributed by atoms with Gasteiger partial charge in [0, 0.05) is 6.20 Å². The Kier molecular flexibility index (Phi) is 2.81. The van der Waals surface area contributed by atoms with Crippen LogP contribution in [-0.2, 0) is 0 Å². The molecule has 0 atom stereocenters. The van der Waals surface area contributed by atoms with E-state index in [0.717, 1.165) is 11.3 Å². The maximum atomic E-state index is 5.61. The number of aromatic amines is 1. The molecule has 0 amide bonds. The van der Waals surface area contributed by atoms with Gasteiger partial charge in [0.2, 0.25) is 10.7 Å². The minimum atomic E-state index is 0.207. The third-order valence-corrected chi connectivity index (χ3v) is 2.73. The number of H-pyrrole nitrogens is 1. The molecule has 0 spiro atoms. The number of rotatable bonds is 2. The van der Waals surface area contributed by atoms with Gasteiger partial charge in [-0.05, 0) is 24.4 Å². The summed E-state index contributed by atoms with van der Waals surface area (Å²) in [6, 6.07) is 9.79. The van der Waals surface area contributed by atoms with Crippen LogP contribution in [0.3, 0.4) is 0 Å². The molecule has 0 saturated carbocycles. The van der Waals surface area contributed by atoms with E-state index < -0.39 is 0 Å². The number of benzene rings is 1. The van der Waals surface area contributed by atoms with Crippen LogP contribution >= 0.6 is 12.2 Å². The largest absolute Gasteiger partial charge is 0.369 e. The molecule has 19 heavy (non-hydrogen) atoms. The van der Waals surface area contributed by atoms with Crippen molar-refractivity contribution in [1.82, 2.24) is 24.7 Å². The van der Waals surface area contributed by atoms with Gasteiger partial charge < -0.3 is 10.7 Å². The second-order valence-electron chi connectivity index (χ2n) is 3.87. The summed E-state index contributed by atoms with van der Waals surface area (Å²) in [7, 11) is 0. The highest BCUT2D eigenvalue weighted by atomic mass is 32.1. The summed E-state index contributed by atoms with van der Waals surface area (Å²) < 4.78 is 1.96. The third-order valence-electron chi connectivity index (χ3n) is 2.55. The molecule has 3 N–H and O–H groups in total. The maximum absolute atomic E-state index is 5.61. The molecule has 0 aliphatic rings. The summed E-state index contributed by atoms with van der Waals surface area (Å²) in [5.74, 6) is 0.794. The van der Waals surface area contributed by atoms with Gasteiger partial charge in [0.15, 0.2) is 0 Å². The van der Waals surface area contributed by atoms with Gasteiger partial charge in [0.05, 0.1) is 17.4 Å². The molecule has 7 heteroatoms. The van der Waals surface area contributed by atoms with Crippen LogP contribution in [0.15, 0.2) is 42.7 Å². The van der Waals surface area contributed by atoms with Crippen LogP contribution < -0.4 is 5.73 Å². The number of anilines is 1. The Bertz CT molecular complexity index is 761. The van der Waals surface area contributed by atoms with Crippen molar-refractivity contribution in [3.63, 3.8) is 0 Å². The second kappa shape index (κ2) is 4.62. The van der Waals surface area contributed by atoms with Gasteiger partial charge in [0.25, 0.3) is 0 Å². The van der Waals surface area contributed by atoms with E-state index in [4.69, 9.17) is 18.0 Å². The highest BCUT2D eigenvalue weighted by Gasteiger charge is 2.06. The van der Waals surface area contributed by atoms with E-state index in [1.807, 2.05) is 36.5 Å². The van der Waals surface area contributed by atoms with E-state index in [-0.39, 0.29) is 10.7 Å². The number of hydrogen-bond acceptors (Lipinski definition) is 5. The van der Waals surface area contributed by atoms with Crippen molar-refractivity contribution < 1.29 is 0 Å². The highest BCUT2D eigenvalue weighted by Crippen LogP contribution is 2.16. The van der Waals surface area contributed by atoms with Gasteiger partial charge in [-0.3, -0.25) is 0 Å². The van der Waals surface area contributed by atoms with Gasteiger partial charge >= 0.3 is 0 Å². The van der Waals surface area contributed by atoms with Crippen molar-refractivity contribution in [2.45, 2.75) is 0 Å². The molecule has 0 unspecified atom stereocenters. The lowest BCUT2D eigenvalue weighted by atomic mass is 10.3. The number of aromatic nitrogens is 5. The van der Waals surface area contributed by atoms with E-state index in [0.29, 0.717) is 5.82 Å². The first kappa shape index (κ1) is 11.5. The first-order chi connectivity index (χ1) is 9.22. The molecule has 0 radical (unpaired) electrons. The zero-order chi connectivity index (χ0) is 13.2. The van der Waals surface area contributed by atoms with E-state index in [9.17, 15) is 0 Å². The maximum Gasteiger partial charge on any atom is 0.224 e. The van der Waals surface area contributed by atoms with Crippen LogP contribution in [0.4, 0.5) is 5.95 Å². The first-order valence-electron chi connectivity index (χ1n) is 5.57. The van der Waals surface area contributed by atoms with Crippen LogP contribution in [-0.4, -0.2) is 24.7 Å². The molecule has 0 bridgehead atoms. The number of nitrogens with one attached hydrogen (secondary N) is 1. The highest BCUT2D eigenvalue weighted by molar-refractivity contribution is 7.71. The molecule has 3 aromatic rings. The van der Waals surface area contributed by atoms with Crippen LogP contribution in [0, 0.1) is 4.77 Å². The monoisotopic (exact) mass is 270 g/mol. The fraction of sp³-hybridized carbons (Fsp3) is 0. The molecule has 2 aromatic heterocycles. The second-order valence-corrected chi connectivity index (χ2v) is 4.24. The Hall–Kier alpha value is -2.54. The summed E-state index contributed by atoms with van der Waals surface area (Å²) in [5.41, 5.74) is 7.38. The van der Waals surface area contributed by atoms with E-state index in [1.165, 1.54) is 0 Å². The number of nitrogens with zero attached hydrogens (tertiary/aromatic N) is 4. The summed E-state index contributed by atoms with van der Waals surface area (Å²) in [6.07, 6.45) is 3.54. The Balaban J connectivity index is 2.04. The van der Waals surface area contributed by atoms with Crippen LogP contribution in [0.2, 0.25) is 0 Å². The van der Waals surface area contributed by atoms with Gasteiger partial charge in [-0.25, -0.2) is 9.67 Å². The zero-order valence-corrected chi connectivity index (χ0v) is 10.6. The van der Waals surface area contributed by atoms with Gasteiger partial charge in [-0.2, -0.15) is 10.1 Å². The fourth-order valence-corrected chi connectivity index (χ4v) is 1.89. The minimum absolute atomic E-state index is 0.207. The number of nitrogen functional groups attached to an aromatic ring is 1. The first-order valence-corrected chi connectivity index (χ1v) is 5.97. The topological polar surface area (TPSA) is 85.4 Å². The molecule has 1 aromatic carbocycles. The van der Waals surface area contributed by atoms with Gasteiger partial charge in [-0.1, -0.05) is 18.2 Å². The lowest BCUT2D eigenvalue weighted by molar-refractivity contribution is 0.880. The molecule has 2 heterocycles. The minimum Gasteiger partial charge on any atom is -0.369 e. The molecule has 0 fully saturated rings. The molecule has 0 saturated heterocycles. The van der Waals surface area contributed by atoms with Crippen molar-refractivity contribution in [3.05, 3.63) is 47.5 Å². The summed E-state index contributed by atoms with van der Waals surface area (Å²) in [6.45, 7) is 0. The Morgan fingerprint density at radius 1 is 1.16 bits per heavy atom. The van der Waals surface area contributed by atoms with Gasteiger partial charge in [0.1, 0.15) is 5.82 Å². The predicted octanol–water partition coefficient (Wildman–Crippen LogP) is 1.97. The molecule has 3 rings (SSSR count). The van der Waals surface area contributed by atoms with Crippen LogP contribution in [0.25, 0.3) is 17.1 Å². The number of para-hydroxylation sites is 1. The molecular weight excluding hydrogens is 260 g/mol. The fourth-order valence-electron chi connectivity index (χ4n) is 1.70. The molecule has 94 valence electrons. The average Bonchev–Trinajstić information content (AvgIpc) is 2.88. The van der Waals surface area contributed by atoms with Crippen molar-refractivity contribution in [2.24, 2.45) is 0 Å². The van der Waals surface area contributed by atoms with E-state index >= 15 is 0 Å². The Morgan fingerprint density at radius 3 is 2.68 bits per heavy atom. The predicted molar refractivity (Wildman–Crippen MR) is 74.2 cm³/mol. The van der Waals surface area contributed by atoms with Crippen LogP contribution in [0.1, 0.15) is 0 Å². The van der Waals surface area contributed by atoms with Crippen LogP contribution in [0.5, 0.6) is 0 Å². The standard InChI is InChI=1S/C12H10N6S/c13-11-15-10(16-12(19)17-11)8-6-14-18(7-8)9-4-2-1-3-5-9/h1-7H,(H3,13,15,16,17,19). The van der Waals surface area contributed by atoms with Crippen molar-refractivity contribution >= 4 is 18.2 Å². The number of hydrogen-bond donors (Lipinski definition) is 2. The normalized spacial score (nSPS) is 10.5. The van der Waals surface area contributed by atoms with Crippen molar-refractivity contribution in [2.75, 3.05) is 5.73 Å². The van der Waals surface area contributed by atoms with Crippen molar-refractivity contribution in [3.8, 4) is 17.1 Å². The summed E-state index contributed by atoms with van der Waals surface area (Å²) in [4.78, 5) is 10.8. The Labute approximate surface area is 114 Å². The van der Waals surface area contributed by atoms with E-state index in [2.05, 4.69) is 20.1 Å².